The molecular formula is C14H16N5O-. The maximum Gasteiger partial charge on any atom is 0.268 e. The summed E-state index contributed by atoms with van der Waals surface area (Å²) in [5, 5.41) is 19.7. The summed E-state index contributed by atoms with van der Waals surface area (Å²) in [6.45, 7) is 5.81. The molecule has 0 atom stereocenters. The summed E-state index contributed by atoms with van der Waals surface area (Å²) in [4.78, 5) is 9.93. The lowest BCUT2D eigenvalue weighted by molar-refractivity contribution is -0.267. The summed E-state index contributed by atoms with van der Waals surface area (Å²) in [5.74, 6) is 0.0776. The predicted octanol–water partition coefficient (Wildman–Crippen LogP) is 2.81. The second kappa shape index (κ2) is 6.60. The molecule has 6 heteroatoms. The highest BCUT2D eigenvalue weighted by Crippen LogP contribution is 2.29. The highest BCUT2D eigenvalue weighted by atomic mass is 16.3. The fourth-order valence-electron chi connectivity index (χ4n) is 1.81. The molecule has 0 saturated heterocycles. The monoisotopic (exact) mass is 270 g/mol. The van der Waals surface area contributed by atoms with E-state index in [2.05, 4.69) is 25.1 Å². The lowest BCUT2D eigenvalue weighted by Gasteiger charge is -2.23. The molecule has 2 rings (SSSR count). The van der Waals surface area contributed by atoms with Crippen LogP contribution in [0, 0.1) is 0 Å². The first-order chi connectivity index (χ1) is 9.74. The van der Waals surface area contributed by atoms with Gasteiger partial charge in [0.2, 0.25) is 0 Å². The summed E-state index contributed by atoms with van der Waals surface area (Å²) < 4.78 is 0. The van der Waals surface area contributed by atoms with E-state index in [9.17, 15) is 5.11 Å². The molecule has 0 radical (unpaired) electrons. The van der Waals surface area contributed by atoms with E-state index in [-0.39, 0.29) is 17.4 Å². The molecule has 0 bridgehead atoms. The molecule has 0 amide bonds. The SMILES string of the molecule is CCN(CC)c1ccc(N=Nc2ncccn2)c([O-])c1. The second-order valence-corrected chi connectivity index (χ2v) is 4.07. The van der Waals surface area contributed by atoms with Crippen LogP contribution in [-0.2, 0) is 0 Å². The predicted molar refractivity (Wildman–Crippen MR) is 75.7 cm³/mol. The first-order valence-electron chi connectivity index (χ1n) is 6.49. The number of hydrogen-bond acceptors (Lipinski definition) is 6. The third kappa shape index (κ3) is 3.28. The van der Waals surface area contributed by atoms with Gasteiger partial charge in [0, 0.05) is 31.2 Å². The van der Waals surface area contributed by atoms with Crippen molar-refractivity contribution < 1.29 is 5.11 Å². The summed E-state index contributed by atoms with van der Waals surface area (Å²) in [6, 6.07) is 6.81. The maximum atomic E-state index is 12.0. The minimum Gasteiger partial charge on any atom is -0.871 e. The van der Waals surface area contributed by atoms with Crippen LogP contribution in [0.4, 0.5) is 17.3 Å². The molecule has 20 heavy (non-hydrogen) atoms. The molecule has 0 unspecified atom stereocenters. The summed E-state index contributed by atoms with van der Waals surface area (Å²) in [6.07, 6.45) is 3.14. The molecule has 0 N–H and O–H groups in total. The minimum absolute atomic E-state index is 0.158. The molecule has 0 aliphatic rings. The lowest BCUT2D eigenvalue weighted by Crippen LogP contribution is -2.21. The minimum atomic E-state index is -0.158. The van der Waals surface area contributed by atoms with Gasteiger partial charge in [0.25, 0.3) is 5.95 Å². The molecule has 1 aromatic carbocycles. The van der Waals surface area contributed by atoms with E-state index in [1.807, 2.05) is 19.9 Å². The van der Waals surface area contributed by atoms with E-state index in [1.54, 1.807) is 30.6 Å². The topological polar surface area (TPSA) is 76.8 Å². The van der Waals surface area contributed by atoms with Crippen LogP contribution in [0.3, 0.4) is 0 Å². The van der Waals surface area contributed by atoms with Gasteiger partial charge < -0.3 is 10.0 Å². The maximum absolute atomic E-state index is 12.0. The van der Waals surface area contributed by atoms with E-state index >= 15 is 0 Å². The van der Waals surface area contributed by atoms with Gasteiger partial charge in [-0.1, -0.05) is 5.75 Å². The van der Waals surface area contributed by atoms with E-state index in [1.165, 1.54) is 0 Å². The van der Waals surface area contributed by atoms with Crippen molar-refractivity contribution in [3.63, 3.8) is 0 Å². The fraction of sp³-hybridized carbons (Fsp3) is 0.286. The van der Waals surface area contributed by atoms with Gasteiger partial charge in [-0.3, -0.25) is 0 Å². The molecule has 1 aromatic heterocycles. The van der Waals surface area contributed by atoms with Gasteiger partial charge in [-0.25, -0.2) is 9.97 Å². The van der Waals surface area contributed by atoms with Crippen LogP contribution in [0.1, 0.15) is 13.8 Å². The molecule has 0 spiro atoms. The number of azo groups is 1. The zero-order valence-corrected chi connectivity index (χ0v) is 11.5. The van der Waals surface area contributed by atoms with Crippen molar-refractivity contribution in [3.05, 3.63) is 36.7 Å². The number of nitrogens with zero attached hydrogens (tertiary/aromatic N) is 5. The Morgan fingerprint density at radius 1 is 1.10 bits per heavy atom. The third-order valence-corrected chi connectivity index (χ3v) is 2.87. The Kier molecular flexibility index (Phi) is 4.60. The first kappa shape index (κ1) is 13.9. The van der Waals surface area contributed by atoms with E-state index < -0.39 is 0 Å². The lowest BCUT2D eigenvalue weighted by atomic mass is 10.2. The van der Waals surface area contributed by atoms with Crippen LogP contribution in [0.15, 0.2) is 46.9 Å². The van der Waals surface area contributed by atoms with Crippen LogP contribution in [0.25, 0.3) is 0 Å². The second-order valence-electron chi connectivity index (χ2n) is 4.07. The van der Waals surface area contributed by atoms with Crippen molar-refractivity contribution in [3.8, 4) is 5.75 Å². The van der Waals surface area contributed by atoms with Crippen LogP contribution in [0.5, 0.6) is 5.75 Å². The number of hydrogen-bond donors (Lipinski definition) is 0. The number of anilines is 1. The standard InChI is InChI=1S/C14H17N5O/c1-3-19(4-2)11-6-7-12(13(20)10-11)17-18-14-15-8-5-9-16-14/h5-10,20H,3-4H2,1-2H3/p-1. The highest BCUT2D eigenvalue weighted by Gasteiger charge is 2.02. The van der Waals surface area contributed by atoms with Crippen LogP contribution in [-0.4, -0.2) is 23.1 Å². The van der Waals surface area contributed by atoms with Crippen molar-refractivity contribution in [2.24, 2.45) is 10.2 Å². The Hall–Kier alpha value is -2.50. The van der Waals surface area contributed by atoms with Crippen molar-refractivity contribution in [2.75, 3.05) is 18.0 Å². The molecule has 104 valence electrons. The van der Waals surface area contributed by atoms with Gasteiger partial charge in [0.15, 0.2) is 0 Å². The molecule has 0 saturated carbocycles. The summed E-state index contributed by atoms with van der Waals surface area (Å²) >= 11 is 0. The van der Waals surface area contributed by atoms with E-state index in [0.717, 1.165) is 18.8 Å². The molecule has 1 heterocycles. The Morgan fingerprint density at radius 2 is 1.80 bits per heavy atom. The van der Waals surface area contributed by atoms with Crippen molar-refractivity contribution in [1.29, 1.82) is 0 Å². The summed E-state index contributed by atoms with van der Waals surface area (Å²) in [5.41, 5.74) is 1.18. The molecular weight excluding hydrogens is 254 g/mol. The van der Waals surface area contributed by atoms with Crippen LogP contribution < -0.4 is 10.0 Å². The average Bonchev–Trinajstić information content (AvgIpc) is 2.49. The van der Waals surface area contributed by atoms with Gasteiger partial charge in [0.1, 0.15) is 0 Å². The third-order valence-electron chi connectivity index (χ3n) is 2.87. The number of benzene rings is 1. The number of rotatable bonds is 5. The zero-order valence-electron chi connectivity index (χ0n) is 11.5. The smallest absolute Gasteiger partial charge is 0.268 e. The van der Waals surface area contributed by atoms with Crippen LogP contribution in [0.2, 0.25) is 0 Å². The Bertz CT molecular complexity index is 581. The Labute approximate surface area is 117 Å². The highest BCUT2D eigenvalue weighted by molar-refractivity contribution is 5.60. The molecule has 0 fully saturated rings. The fourth-order valence-corrected chi connectivity index (χ4v) is 1.81. The normalized spacial score (nSPS) is 10.9. The van der Waals surface area contributed by atoms with E-state index in [4.69, 9.17) is 0 Å². The van der Waals surface area contributed by atoms with Crippen molar-refractivity contribution in [1.82, 2.24) is 9.97 Å². The largest absolute Gasteiger partial charge is 0.871 e. The average molecular weight is 270 g/mol. The molecule has 0 aliphatic heterocycles. The Morgan fingerprint density at radius 3 is 2.40 bits per heavy atom. The van der Waals surface area contributed by atoms with Gasteiger partial charge >= 0.3 is 0 Å². The molecule has 2 aromatic rings. The Balaban J connectivity index is 2.20. The van der Waals surface area contributed by atoms with Crippen molar-refractivity contribution >= 4 is 17.3 Å². The van der Waals surface area contributed by atoms with Gasteiger partial charge in [-0.2, -0.15) is 0 Å². The first-order valence-corrected chi connectivity index (χ1v) is 6.49. The summed E-state index contributed by atoms with van der Waals surface area (Å²) in [7, 11) is 0. The van der Waals surface area contributed by atoms with Gasteiger partial charge in [-0.15, -0.1) is 10.2 Å². The van der Waals surface area contributed by atoms with Crippen molar-refractivity contribution in [2.45, 2.75) is 13.8 Å². The molecule has 6 nitrogen and oxygen atoms in total. The van der Waals surface area contributed by atoms with Gasteiger partial charge in [-0.05, 0) is 38.1 Å². The van der Waals surface area contributed by atoms with E-state index in [0.29, 0.717) is 0 Å². The molecule has 0 aliphatic carbocycles. The van der Waals surface area contributed by atoms with Crippen LogP contribution >= 0.6 is 0 Å². The number of aromatic nitrogens is 2. The zero-order chi connectivity index (χ0) is 14.4. The quantitative estimate of drug-likeness (QED) is 0.783. The van der Waals surface area contributed by atoms with Gasteiger partial charge in [0.05, 0.1) is 5.69 Å².